The van der Waals surface area contributed by atoms with Crippen LogP contribution in [0.3, 0.4) is 0 Å². The summed E-state index contributed by atoms with van der Waals surface area (Å²) in [4.78, 5) is 11.7. The van der Waals surface area contributed by atoms with Crippen LogP contribution in [0.1, 0.15) is 6.42 Å². The quantitative estimate of drug-likeness (QED) is 0.810. The predicted octanol–water partition coefficient (Wildman–Crippen LogP) is 0.982. The predicted molar refractivity (Wildman–Crippen MR) is 74.8 cm³/mol. The van der Waals surface area contributed by atoms with Gasteiger partial charge in [-0.25, -0.2) is 0 Å². The van der Waals surface area contributed by atoms with Gasteiger partial charge in [0.15, 0.2) is 0 Å². The molecule has 3 nitrogen and oxygen atoms in total. The van der Waals surface area contributed by atoms with Gasteiger partial charge in [0, 0.05) is 35.6 Å². The molecule has 0 aliphatic carbocycles. The SMILES string of the molecule is Cl.O=C(NCC1CSCCS1)[C@H]1CCNC1. The number of nitrogens with one attached hydrogen (secondary N) is 2. The van der Waals surface area contributed by atoms with E-state index in [2.05, 4.69) is 10.6 Å². The lowest BCUT2D eigenvalue weighted by atomic mass is 10.1. The lowest BCUT2D eigenvalue weighted by molar-refractivity contribution is -0.124. The summed E-state index contributed by atoms with van der Waals surface area (Å²) in [6.07, 6.45) is 0.998. The van der Waals surface area contributed by atoms with Gasteiger partial charge in [0.05, 0.1) is 5.92 Å². The third-order valence-electron chi connectivity index (χ3n) is 2.82. The van der Waals surface area contributed by atoms with Crippen LogP contribution in [0, 0.1) is 5.92 Å². The zero-order chi connectivity index (χ0) is 10.5. The van der Waals surface area contributed by atoms with Crippen LogP contribution >= 0.6 is 35.9 Å². The summed E-state index contributed by atoms with van der Waals surface area (Å²) in [7, 11) is 0. The first-order valence-corrected chi connectivity index (χ1v) is 7.74. The standard InChI is InChI=1S/C10H18N2OS2.ClH/c13-10(8-1-2-11-5-8)12-6-9-7-14-3-4-15-9;/h8-9,11H,1-7H2,(H,12,13);1H/t8-,9?;/m0./s1. The molecule has 0 aromatic carbocycles. The van der Waals surface area contributed by atoms with E-state index in [-0.39, 0.29) is 24.2 Å². The molecule has 0 radical (unpaired) electrons. The first kappa shape index (κ1) is 14.5. The molecule has 2 aliphatic heterocycles. The van der Waals surface area contributed by atoms with Gasteiger partial charge in [0.1, 0.15) is 0 Å². The van der Waals surface area contributed by atoms with Crippen molar-refractivity contribution in [3.63, 3.8) is 0 Å². The van der Waals surface area contributed by atoms with Gasteiger partial charge in [-0.1, -0.05) is 0 Å². The Morgan fingerprint density at radius 1 is 1.44 bits per heavy atom. The number of halogens is 1. The smallest absolute Gasteiger partial charge is 0.224 e. The molecule has 1 unspecified atom stereocenters. The molecule has 2 heterocycles. The van der Waals surface area contributed by atoms with Crippen LogP contribution in [0.2, 0.25) is 0 Å². The highest BCUT2D eigenvalue weighted by atomic mass is 35.5. The van der Waals surface area contributed by atoms with E-state index in [0.717, 1.165) is 26.1 Å². The molecule has 2 aliphatic rings. The van der Waals surface area contributed by atoms with Crippen LogP contribution in [0.25, 0.3) is 0 Å². The maximum atomic E-state index is 11.7. The fourth-order valence-electron chi connectivity index (χ4n) is 1.89. The molecule has 16 heavy (non-hydrogen) atoms. The van der Waals surface area contributed by atoms with Gasteiger partial charge in [0.2, 0.25) is 5.91 Å². The summed E-state index contributed by atoms with van der Waals surface area (Å²) < 4.78 is 0. The number of carbonyl (C=O) groups excluding carboxylic acids is 1. The van der Waals surface area contributed by atoms with Crippen LogP contribution in [0.4, 0.5) is 0 Å². The first-order chi connectivity index (χ1) is 7.36. The van der Waals surface area contributed by atoms with Crippen molar-refractivity contribution in [2.45, 2.75) is 11.7 Å². The molecule has 2 N–H and O–H groups in total. The summed E-state index contributed by atoms with van der Waals surface area (Å²) >= 11 is 4.00. The molecular formula is C10H19ClN2OS2. The minimum atomic E-state index is 0. The molecule has 0 aromatic rings. The van der Waals surface area contributed by atoms with Crippen molar-refractivity contribution in [3.05, 3.63) is 0 Å². The summed E-state index contributed by atoms with van der Waals surface area (Å²) in [5.41, 5.74) is 0. The molecule has 2 fully saturated rings. The van der Waals surface area contributed by atoms with Crippen molar-refractivity contribution in [2.75, 3.05) is 36.9 Å². The van der Waals surface area contributed by atoms with Gasteiger partial charge >= 0.3 is 0 Å². The normalized spacial score (nSPS) is 29.5. The molecule has 94 valence electrons. The summed E-state index contributed by atoms with van der Waals surface area (Å²) in [6, 6.07) is 0. The Morgan fingerprint density at radius 2 is 2.31 bits per heavy atom. The Morgan fingerprint density at radius 3 is 2.94 bits per heavy atom. The van der Waals surface area contributed by atoms with Crippen LogP contribution in [-0.4, -0.2) is 48.0 Å². The van der Waals surface area contributed by atoms with E-state index in [9.17, 15) is 4.79 Å². The van der Waals surface area contributed by atoms with Gasteiger partial charge in [0.25, 0.3) is 0 Å². The Balaban J connectivity index is 0.00000128. The number of carbonyl (C=O) groups is 1. The third kappa shape index (κ3) is 4.35. The molecular weight excluding hydrogens is 264 g/mol. The maximum Gasteiger partial charge on any atom is 0.224 e. The molecule has 0 aromatic heterocycles. The minimum absolute atomic E-state index is 0. The molecule has 1 amide bonds. The van der Waals surface area contributed by atoms with E-state index >= 15 is 0 Å². The monoisotopic (exact) mass is 282 g/mol. The molecule has 2 atom stereocenters. The second kappa shape index (κ2) is 7.69. The maximum absolute atomic E-state index is 11.7. The fraction of sp³-hybridized carbons (Fsp3) is 0.900. The second-order valence-corrected chi connectivity index (χ2v) is 6.56. The number of rotatable bonds is 3. The molecule has 2 rings (SSSR count). The van der Waals surface area contributed by atoms with Crippen LogP contribution in [-0.2, 0) is 4.79 Å². The molecule has 6 heteroatoms. The molecule has 0 spiro atoms. The van der Waals surface area contributed by atoms with Crippen molar-refractivity contribution in [2.24, 2.45) is 5.92 Å². The van der Waals surface area contributed by atoms with Crippen LogP contribution < -0.4 is 10.6 Å². The van der Waals surface area contributed by atoms with E-state index in [0.29, 0.717) is 5.25 Å². The van der Waals surface area contributed by atoms with Gasteiger partial charge in [-0.05, 0) is 13.0 Å². The lowest BCUT2D eigenvalue weighted by Crippen LogP contribution is -2.37. The van der Waals surface area contributed by atoms with Gasteiger partial charge in [-0.2, -0.15) is 23.5 Å². The number of thioether (sulfide) groups is 2. The summed E-state index contributed by atoms with van der Waals surface area (Å²) in [6.45, 7) is 2.71. The number of amides is 1. The zero-order valence-electron chi connectivity index (χ0n) is 9.24. The van der Waals surface area contributed by atoms with Gasteiger partial charge in [-0.3, -0.25) is 4.79 Å². The highest BCUT2D eigenvalue weighted by Gasteiger charge is 2.23. The van der Waals surface area contributed by atoms with Gasteiger partial charge < -0.3 is 10.6 Å². The van der Waals surface area contributed by atoms with Crippen molar-refractivity contribution < 1.29 is 4.79 Å². The average molecular weight is 283 g/mol. The highest BCUT2D eigenvalue weighted by molar-refractivity contribution is 8.06. The highest BCUT2D eigenvalue weighted by Crippen LogP contribution is 2.23. The Hall–Kier alpha value is 0.420. The first-order valence-electron chi connectivity index (χ1n) is 5.54. The molecule has 2 saturated heterocycles. The van der Waals surface area contributed by atoms with E-state index in [4.69, 9.17) is 0 Å². The third-order valence-corrected chi connectivity index (χ3v) is 5.66. The van der Waals surface area contributed by atoms with Crippen LogP contribution in [0.5, 0.6) is 0 Å². The van der Waals surface area contributed by atoms with E-state index in [1.807, 2.05) is 23.5 Å². The van der Waals surface area contributed by atoms with E-state index in [1.165, 1.54) is 17.3 Å². The van der Waals surface area contributed by atoms with Crippen molar-refractivity contribution in [1.82, 2.24) is 10.6 Å². The number of hydrogen-bond donors (Lipinski definition) is 2. The topological polar surface area (TPSA) is 41.1 Å². The van der Waals surface area contributed by atoms with Crippen molar-refractivity contribution in [3.8, 4) is 0 Å². The van der Waals surface area contributed by atoms with Crippen molar-refractivity contribution in [1.29, 1.82) is 0 Å². The van der Waals surface area contributed by atoms with Crippen molar-refractivity contribution >= 4 is 41.8 Å². The van der Waals surface area contributed by atoms with E-state index in [1.54, 1.807) is 0 Å². The molecule has 0 saturated carbocycles. The fourth-order valence-corrected chi connectivity index (χ4v) is 4.50. The summed E-state index contributed by atoms with van der Waals surface area (Å²) in [5, 5.41) is 6.93. The lowest BCUT2D eigenvalue weighted by Gasteiger charge is -2.21. The largest absolute Gasteiger partial charge is 0.355 e. The van der Waals surface area contributed by atoms with Crippen LogP contribution in [0.15, 0.2) is 0 Å². The summed E-state index contributed by atoms with van der Waals surface area (Å²) in [5.74, 6) is 4.15. The second-order valence-electron chi connectivity index (χ2n) is 4.00. The Labute approximate surface area is 112 Å². The Kier molecular flexibility index (Phi) is 6.96. The minimum Gasteiger partial charge on any atom is -0.355 e. The Bertz CT molecular complexity index is 219. The number of hydrogen-bond acceptors (Lipinski definition) is 4. The zero-order valence-corrected chi connectivity index (χ0v) is 11.7. The molecule has 0 bridgehead atoms. The van der Waals surface area contributed by atoms with Gasteiger partial charge in [-0.15, -0.1) is 12.4 Å². The van der Waals surface area contributed by atoms with E-state index < -0.39 is 0 Å². The average Bonchev–Trinajstić information content (AvgIpc) is 2.81.